The number of rotatable bonds is 18. The maximum absolute atomic E-state index is 13.0. The predicted molar refractivity (Wildman–Crippen MR) is 116 cm³/mol. The zero-order valence-corrected chi connectivity index (χ0v) is 21.5. The van der Waals surface area contributed by atoms with Crippen LogP contribution in [0.1, 0.15) is 53.9 Å². The number of primary amides is 1. The van der Waals surface area contributed by atoms with Crippen molar-refractivity contribution in [1.82, 2.24) is 4.57 Å². The molecule has 0 saturated heterocycles. The summed E-state index contributed by atoms with van der Waals surface area (Å²) >= 11 is 0. The molecule has 1 amide bonds. The number of nitrogens with zero attached hydrogens (tertiary/aromatic N) is 1. The molecule has 9 nitrogen and oxygen atoms in total. The Hall–Kier alpha value is -0.376. The third kappa shape index (κ3) is 6.31. The van der Waals surface area contributed by atoms with Crippen molar-refractivity contribution in [1.29, 1.82) is 0 Å². The Morgan fingerprint density at radius 1 is 0.862 bits per heavy atom. The Labute approximate surface area is 178 Å². The zero-order valence-electron chi connectivity index (χ0n) is 19.5. The molecule has 0 aromatic rings. The van der Waals surface area contributed by atoms with E-state index < -0.39 is 28.7 Å². The molecule has 0 aromatic heterocycles. The van der Waals surface area contributed by atoms with Gasteiger partial charge in [-0.15, -0.1) is 0 Å². The van der Waals surface area contributed by atoms with Gasteiger partial charge in [0.2, 0.25) is 5.91 Å². The summed E-state index contributed by atoms with van der Waals surface area (Å²) in [6.07, 6.45) is 1.95. The molecule has 2 N–H and O–H groups in total. The van der Waals surface area contributed by atoms with E-state index >= 15 is 0 Å². The lowest BCUT2D eigenvalue weighted by Gasteiger charge is -2.46. The first-order valence-electron chi connectivity index (χ1n) is 10.4. The SMILES string of the molecule is CCCN(CC(CCC)(C(N)=O)[Si](OC)(OC)OC)[Si](OCC)(OCC)OCC. The number of hydrogen-bond acceptors (Lipinski definition) is 8. The first kappa shape index (κ1) is 28.6. The van der Waals surface area contributed by atoms with Crippen LogP contribution in [0.15, 0.2) is 0 Å². The lowest BCUT2D eigenvalue weighted by Crippen LogP contribution is -2.69. The molecule has 0 spiro atoms. The highest BCUT2D eigenvalue weighted by atomic mass is 28.4. The van der Waals surface area contributed by atoms with Crippen molar-refractivity contribution in [2.24, 2.45) is 5.73 Å². The quantitative estimate of drug-likeness (QED) is 0.314. The van der Waals surface area contributed by atoms with Crippen LogP contribution in [-0.4, -0.2) is 82.5 Å². The van der Waals surface area contributed by atoms with Gasteiger partial charge in [-0.3, -0.25) is 9.36 Å². The Balaban J connectivity index is 6.57. The fourth-order valence-electron chi connectivity index (χ4n) is 3.80. The van der Waals surface area contributed by atoms with E-state index in [1.165, 1.54) is 21.3 Å². The lowest BCUT2D eigenvalue weighted by molar-refractivity contribution is -0.124. The fraction of sp³-hybridized carbons (Fsp3) is 0.944. The molecule has 174 valence electrons. The van der Waals surface area contributed by atoms with E-state index in [9.17, 15) is 4.79 Å². The summed E-state index contributed by atoms with van der Waals surface area (Å²) in [5.74, 6) is -0.523. The minimum Gasteiger partial charge on any atom is -0.376 e. The summed E-state index contributed by atoms with van der Waals surface area (Å²) in [6.45, 7) is 11.8. The largest absolute Gasteiger partial charge is 0.599 e. The molecule has 11 heteroatoms. The number of carbonyl (C=O) groups is 1. The molecule has 0 heterocycles. The summed E-state index contributed by atoms with van der Waals surface area (Å²) in [5.41, 5.74) is 6.00. The van der Waals surface area contributed by atoms with Crippen molar-refractivity contribution >= 4 is 23.7 Å². The maximum Gasteiger partial charge on any atom is 0.599 e. The number of hydrogen-bond donors (Lipinski definition) is 1. The third-order valence-electron chi connectivity index (χ3n) is 4.86. The normalized spacial score (nSPS) is 14.9. The van der Waals surface area contributed by atoms with Gasteiger partial charge in [0.25, 0.3) is 0 Å². The van der Waals surface area contributed by atoms with E-state index in [-0.39, 0.29) is 6.54 Å². The van der Waals surface area contributed by atoms with Crippen LogP contribution in [-0.2, 0) is 31.4 Å². The standard InChI is InChI=1S/C18H42N2O7Si2/c1-9-14-18(17(19)21,28(22-6,23-7)24-8)16-20(15-10-2)29(25-11-3,26-12-4)27-13-5/h9-16H2,1-8H3,(H2,19,21). The molecule has 1 unspecified atom stereocenters. The Morgan fingerprint density at radius 3 is 1.59 bits per heavy atom. The Morgan fingerprint density at radius 2 is 1.31 bits per heavy atom. The minimum atomic E-state index is -3.48. The molecule has 29 heavy (non-hydrogen) atoms. The van der Waals surface area contributed by atoms with Crippen LogP contribution in [0, 0.1) is 0 Å². The molecular weight excluding hydrogens is 412 g/mol. The second kappa shape index (κ2) is 13.8. The van der Waals surface area contributed by atoms with Crippen LogP contribution >= 0.6 is 0 Å². The van der Waals surface area contributed by atoms with Gasteiger partial charge in [-0.1, -0.05) is 20.3 Å². The number of nitrogens with two attached hydrogens (primary N) is 1. The maximum atomic E-state index is 13.0. The molecular formula is C18H42N2O7Si2. The molecule has 0 fully saturated rings. The first-order valence-corrected chi connectivity index (χ1v) is 13.8. The van der Waals surface area contributed by atoms with Crippen LogP contribution < -0.4 is 5.73 Å². The van der Waals surface area contributed by atoms with Crippen LogP contribution in [0.3, 0.4) is 0 Å². The average molecular weight is 455 g/mol. The molecule has 0 saturated carbocycles. The highest BCUT2D eigenvalue weighted by Gasteiger charge is 2.66. The summed E-state index contributed by atoms with van der Waals surface area (Å²) in [6, 6.07) is 0. The van der Waals surface area contributed by atoms with E-state index in [1.54, 1.807) is 0 Å². The van der Waals surface area contributed by atoms with E-state index in [1.807, 2.05) is 32.3 Å². The highest BCUT2D eigenvalue weighted by molar-refractivity contribution is 6.69. The smallest absolute Gasteiger partial charge is 0.376 e. The second-order valence-electron chi connectivity index (χ2n) is 6.61. The van der Waals surface area contributed by atoms with E-state index in [4.69, 9.17) is 32.3 Å². The fourth-order valence-corrected chi connectivity index (χ4v) is 9.72. The molecule has 0 aliphatic carbocycles. The predicted octanol–water partition coefficient (Wildman–Crippen LogP) is 2.15. The summed E-state index contributed by atoms with van der Waals surface area (Å²) in [5, 5.41) is -1.18. The van der Waals surface area contributed by atoms with Gasteiger partial charge < -0.3 is 32.3 Å². The van der Waals surface area contributed by atoms with E-state index in [2.05, 4.69) is 6.92 Å². The minimum absolute atomic E-state index is 0.206. The van der Waals surface area contributed by atoms with Crippen molar-refractivity contribution < 1.29 is 31.4 Å². The van der Waals surface area contributed by atoms with Crippen LogP contribution in [0.25, 0.3) is 0 Å². The first-order chi connectivity index (χ1) is 13.8. The van der Waals surface area contributed by atoms with Crippen molar-refractivity contribution in [3.05, 3.63) is 0 Å². The molecule has 0 bridgehead atoms. The van der Waals surface area contributed by atoms with Gasteiger partial charge in [0.05, 0.1) is 0 Å². The van der Waals surface area contributed by atoms with Gasteiger partial charge in [0, 0.05) is 47.7 Å². The van der Waals surface area contributed by atoms with Gasteiger partial charge in [0.15, 0.2) is 0 Å². The van der Waals surface area contributed by atoms with Gasteiger partial charge in [-0.2, -0.15) is 0 Å². The molecule has 0 rings (SSSR count). The van der Waals surface area contributed by atoms with E-state index in [0.29, 0.717) is 39.2 Å². The van der Waals surface area contributed by atoms with Crippen LogP contribution in [0.2, 0.25) is 5.04 Å². The van der Waals surface area contributed by atoms with E-state index in [0.717, 1.165) is 6.42 Å². The van der Waals surface area contributed by atoms with Gasteiger partial charge in [0.1, 0.15) is 5.04 Å². The van der Waals surface area contributed by atoms with Crippen molar-refractivity contribution in [3.63, 3.8) is 0 Å². The highest BCUT2D eigenvalue weighted by Crippen LogP contribution is 2.45. The summed E-state index contributed by atoms with van der Waals surface area (Å²) in [7, 11) is -2.26. The molecule has 0 aliphatic heterocycles. The molecule has 0 radical (unpaired) electrons. The van der Waals surface area contributed by atoms with Crippen molar-refractivity contribution in [2.75, 3.05) is 54.2 Å². The lowest BCUT2D eigenvalue weighted by atomic mass is 10.0. The molecule has 0 aliphatic rings. The van der Waals surface area contributed by atoms with Gasteiger partial charge >= 0.3 is 17.8 Å². The molecule has 0 aromatic carbocycles. The number of carbonyl (C=O) groups excluding carboxylic acids is 1. The Kier molecular flexibility index (Phi) is 13.7. The molecule has 1 atom stereocenters. The van der Waals surface area contributed by atoms with Gasteiger partial charge in [-0.05, 0) is 40.2 Å². The summed E-state index contributed by atoms with van der Waals surface area (Å²) in [4.78, 5) is 13.0. The monoisotopic (exact) mass is 454 g/mol. The van der Waals surface area contributed by atoms with Crippen LogP contribution in [0.4, 0.5) is 0 Å². The number of amides is 1. The topological polar surface area (TPSA) is 102 Å². The third-order valence-corrected chi connectivity index (χ3v) is 11.4. The van der Waals surface area contributed by atoms with Gasteiger partial charge in [-0.25, -0.2) is 0 Å². The van der Waals surface area contributed by atoms with Crippen molar-refractivity contribution in [2.45, 2.75) is 58.9 Å². The average Bonchev–Trinajstić information content (AvgIpc) is 2.69. The second-order valence-corrected chi connectivity index (χ2v) is 12.4. The summed E-state index contributed by atoms with van der Waals surface area (Å²) < 4.78 is 37.6. The zero-order chi connectivity index (χ0) is 22.6. The van der Waals surface area contributed by atoms with Crippen molar-refractivity contribution in [3.8, 4) is 0 Å². The Bertz CT molecular complexity index is 444. The van der Waals surface area contributed by atoms with Crippen LogP contribution in [0.5, 0.6) is 0 Å².